The molecular formula is C20H14Cl2F4N4O5. The van der Waals surface area contributed by atoms with Crippen LogP contribution in [0.25, 0.3) is 5.69 Å². The van der Waals surface area contributed by atoms with Crippen molar-refractivity contribution in [3.8, 4) is 11.4 Å². The Morgan fingerprint density at radius 3 is 2.34 bits per heavy atom. The van der Waals surface area contributed by atoms with Gasteiger partial charge in [-0.25, -0.2) is 14.0 Å². The molecule has 0 spiro atoms. The lowest BCUT2D eigenvalue weighted by atomic mass is 10.1. The molecule has 0 atom stereocenters. The molecule has 0 aliphatic rings. The standard InChI is InChI=1S/C20H14Cl2F4N4O5/c1-2-29-16(18(32)33)28-30(19(29)34)13-7-14(35-8-20(24,25)26)9(6-12(13)23)17(31)27-15-10(21)4-3-5-11(15)22/h3-7H,2,8H2,1H3,(H,27,31)(H,32,33). The summed E-state index contributed by atoms with van der Waals surface area (Å²) in [6, 6.07) is 5.38. The highest BCUT2D eigenvalue weighted by atomic mass is 35.5. The number of rotatable bonds is 7. The van der Waals surface area contributed by atoms with Gasteiger partial charge >= 0.3 is 17.8 Å². The van der Waals surface area contributed by atoms with Gasteiger partial charge in [-0.2, -0.15) is 17.9 Å². The molecule has 186 valence electrons. The number of carboxylic acid groups (broad SMARTS) is 1. The van der Waals surface area contributed by atoms with Crippen molar-refractivity contribution in [2.75, 3.05) is 11.9 Å². The van der Waals surface area contributed by atoms with Gasteiger partial charge in [0.2, 0.25) is 5.82 Å². The van der Waals surface area contributed by atoms with Gasteiger partial charge in [-0.15, -0.1) is 5.10 Å². The topological polar surface area (TPSA) is 115 Å². The lowest BCUT2D eigenvalue weighted by Gasteiger charge is -2.16. The summed E-state index contributed by atoms with van der Waals surface area (Å²) in [4.78, 5) is 36.7. The third-order valence-electron chi connectivity index (χ3n) is 4.48. The summed E-state index contributed by atoms with van der Waals surface area (Å²) in [6.07, 6.45) is -4.83. The molecule has 0 unspecified atom stereocenters. The number of aromatic carboxylic acids is 1. The number of ether oxygens (including phenoxy) is 1. The van der Waals surface area contributed by atoms with E-state index in [1.165, 1.54) is 25.1 Å². The Hall–Kier alpha value is -3.58. The number of halogens is 6. The second-order valence-corrected chi connectivity index (χ2v) is 7.64. The van der Waals surface area contributed by atoms with E-state index in [1.54, 1.807) is 0 Å². The number of carbonyl (C=O) groups excluding carboxylic acids is 1. The molecule has 3 aromatic rings. The number of nitrogens with one attached hydrogen (secondary N) is 1. The quantitative estimate of drug-likeness (QED) is 0.432. The third-order valence-corrected chi connectivity index (χ3v) is 5.11. The van der Waals surface area contributed by atoms with Crippen LogP contribution in [0.3, 0.4) is 0 Å². The number of hydrogen-bond donors (Lipinski definition) is 2. The molecule has 1 amide bonds. The Morgan fingerprint density at radius 2 is 1.83 bits per heavy atom. The highest BCUT2D eigenvalue weighted by molar-refractivity contribution is 6.40. The van der Waals surface area contributed by atoms with Crippen LogP contribution in [0.1, 0.15) is 27.9 Å². The molecule has 15 heteroatoms. The number of para-hydroxylation sites is 1. The van der Waals surface area contributed by atoms with E-state index in [2.05, 4.69) is 10.4 Å². The summed E-state index contributed by atoms with van der Waals surface area (Å²) in [5, 5.41) is 15.0. The second-order valence-electron chi connectivity index (χ2n) is 6.82. The molecule has 2 aromatic carbocycles. The molecular weight excluding hydrogens is 523 g/mol. The van der Waals surface area contributed by atoms with Gasteiger partial charge in [0.1, 0.15) is 17.3 Å². The molecule has 35 heavy (non-hydrogen) atoms. The second kappa shape index (κ2) is 9.96. The number of benzene rings is 2. The van der Waals surface area contributed by atoms with E-state index in [0.29, 0.717) is 21.4 Å². The zero-order chi connectivity index (χ0) is 26.1. The number of hydrogen-bond acceptors (Lipinski definition) is 5. The van der Waals surface area contributed by atoms with Gasteiger partial charge < -0.3 is 15.2 Å². The van der Waals surface area contributed by atoms with Crippen molar-refractivity contribution in [3.63, 3.8) is 0 Å². The van der Waals surface area contributed by atoms with E-state index in [1.807, 2.05) is 0 Å². The molecule has 0 saturated carbocycles. The van der Waals surface area contributed by atoms with Crippen LogP contribution in [-0.2, 0) is 6.54 Å². The van der Waals surface area contributed by atoms with Crippen LogP contribution in [0.5, 0.6) is 5.75 Å². The third kappa shape index (κ3) is 5.57. The Labute approximate surface area is 203 Å². The lowest BCUT2D eigenvalue weighted by Crippen LogP contribution is -2.26. The average molecular weight is 537 g/mol. The van der Waals surface area contributed by atoms with Crippen LogP contribution in [0.4, 0.5) is 23.2 Å². The molecule has 0 aliphatic heterocycles. The van der Waals surface area contributed by atoms with Gasteiger partial charge in [0.25, 0.3) is 5.91 Å². The van der Waals surface area contributed by atoms with Crippen LogP contribution in [0.15, 0.2) is 35.1 Å². The maximum absolute atomic E-state index is 15.0. The molecule has 0 bridgehead atoms. The fourth-order valence-corrected chi connectivity index (χ4v) is 3.45. The summed E-state index contributed by atoms with van der Waals surface area (Å²) in [6.45, 7) is -0.566. The Bertz CT molecular complexity index is 1350. The number of carboxylic acids is 1. The molecule has 1 aromatic heterocycles. The average Bonchev–Trinajstić information content (AvgIpc) is 3.11. The van der Waals surface area contributed by atoms with Crippen molar-refractivity contribution < 1.29 is 37.0 Å². The van der Waals surface area contributed by atoms with E-state index >= 15 is 4.39 Å². The van der Waals surface area contributed by atoms with Gasteiger partial charge in [0, 0.05) is 12.6 Å². The lowest BCUT2D eigenvalue weighted by molar-refractivity contribution is -0.153. The maximum atomic E-state index is 15.0. The molecule has 0 radical (unpaired) electrons. The number of alkyl halides is 3. The van der Waals surface area contributed by atoms with Gasteiger partial charge in [0.15, 0.2) is 6.61 Å². The predicted molar refractivity (Wildman–Crippen MR) is 116 cm³/mol. The zero-order valence-electron chi connectivity index (χ0n) is 17.5. The maximum Gasteiger partial charge on any atom is 0.422 e. The van der Waals surface area contributed by atoms with Crippen molar-refractivity contribution in [3.05, 3.63) is 68.1 Å². The summed E-state index contributed by atoms with van der Waals surface area (Å²) < 4.78 is 59.2. The van der Waals surface area contributed by atoms with Crippen LogP contribution < -0.4 is 15.7 Å². The van der Waals surface area contributed by atoms with Gasteiger partial charge in [-0.05, 0) is 25.1 Å². The smallest absolute Gasteiger partial charge is 0.422 e. The molecule has 0 fully saturated rings. The molecule has 0 saturated heterocycles. The minimum absolute atomic E-state index is 0.00133. The summed E-state index contributed by atoms with van der Waals surface area (Å²) in [5.74, 6) is -5.50. The fourth-order valence-electron chi connectivity index (χ4n) is 2.96. The predicted octanol–water partition coefficient (Wildman–Crippen LogP) is 4.39. The normalized spacial score (nSPS) is 11.4. The van der Waals surface area contributed by atoms with Crippen molar-refractivity contribution in [2.24, 2.45) is 0 Å². The molecule has 1 heterocycles. The monoisotopic (exact) mass is 536 g/mol. The highest BCUT2D eigenvalue weighted by Crippen LogP contribution is 2.32. The van der Waals surface area contributed by atoms with Crippen LogP contribution >= 0.6 is 23.2 Å². The number of nitrogens with zero attached hydrogens (tertiary/aromatic N) is 3. The van der Waals surface area contributed by atoms with Crippen molar-refractivity contribution in [1.29, 1.82) is 0 Å². The first-order valence-electron chi connectivity index (χ1n) is 9.56. The minimum Gasteiger partial charge on any atom is -0.483 e. The van der Waals surface area contributed by atoms with Crippen molar-refractivity contribution >= 4 is 40.8 Å². The zero-order valence-corrected chi connectivity index (χ0v) is 19.0. The molecule has 9 nitrogen and oxygen atoms in total. The van der Waals surface area contributed by atoms with Crippen LogP contribution in [0, 0.1) is 5.82 Å². The van der Waals surface area contributed by atoms with Crippen molar-refractivity contribution in [1.82, 2.24) is 14.3 Å². The molecule has 0 aliphatic carbocycles. The molecule has 2 N–H and O–H groups in total. The number of amides is 1. The van der Waals surface area contributed by atoms with E-state index in [0.717, 1.165) is 0 Å². The molecule has 3 rings (SSSR count). The van der Waals surface area contributed by atoms with E-state index in [4.69, 9.17) is 27.9 Å². The summed E-state index contributed by atoms with van der Waals surface area (Å²) in [5.41, 5.74) is -2.59. The first kappa shape index (κ1) is 26.0. The van der Waals surface area contributed by atoms with Crippen LogP contribution in [-0.4, -0.2) is 44.1 Å². The largest absolute Gasteiger partial charge is 0.483 e. The van der Waals surface area contributed by atoms with E-state index in [9.17, 15) is 32.7 Å². The summed E-state index contributed by atoms with van der Waals surface area (Å²) >= 11 is 12.0. The Balaban J connectivity index is 2.14. The van der Waals surface area contributed by atoms with E-state index in [-0.39, 0.29) is 22.3 Å². The highest BCUT2D eigenvalue weighted by Gasteiger charge is 2.31. The van der Waals surface area contributed by atoms with Gasteiger partial charge in [-0.1, -0.05) is 29.3 Å². The minimum atomic E-state index is -4.83. The Morgan fingerprint density at radius 1 is 1.20 bits per heavy atom. The number of carbonyl (C=O) groups is 2. The first-order valence-corrected chi connectivity index (χ1v) is 10.3. The number of aromatic nitrogens is 3. The first-order chi connectivity index (χ1) is 16.3. The van der Waals surface area contributed by atoms with Crippen molar-refractivity contribution in [2.45, 2.75) is 19.6 Å². The van der Waals surface area contributed by atoms with Crippen LogP contribution in [0.2, 0.25) is 10.0 Å². The fraction of sp³-hybridized carbons (Fsp3) is 0.200. The van der Waals surface area contributed by atoms with Gasteiger partial charge in [0.05, 0.1) is 21.3 Å². The summed E-state index contributed by atoms with van der Waals surface area (Å²) in [7, 11) is 0. The Kier molecular flexibility index (Phi) is 7.41. The SMILES string of the molecule is CCn1c(C(=O)O)nn(-c2cc(OCC(F)(F)F)c(C(=O)Nc3c(Cl)cccc3Cl)cc2F)c1=O. The number of anilines is 1. The van der Waals surface area contributed by atoms with E-state index < -0.39 is 59.0 Å². The van der Waals surface area contributed by atoms with Gasteiger partial charge in [-0.3, -0.25) is 9.36 Å².